The van der Waals surface area contributed by atoms with Gasteiger partial charge in [0.15, 0.2) is 5.75 Å². The van der Waals surface area contributed by atoms with E-state index in [1.807, 2.05) is 0 Å². The summed E-state index contributed by atoms with van der Waals surface area (Å²) in [5, 5.41) is 11.4. The third-order valence-electron chi connectivity index (χ3n) is 2.21. The molecule has 0 aliphatic heterocycles. The molecule has 0 radical (unpaired) electrons. The molecule has 1 aromatic carbocycles. The SMILES string of the molecule is CCC(Nc1ccc(Br)cc1OC(F)(F)F)C(=O)O. The summed E-state index contributed by atoms with van der Waals surface area (Å²) in [6.45, 7) is 1.61. The van der Waals surface area contributed by atoms with Crippen LogP contribution in [-0.4, -0.2) is 23.5 Å². The zero-order chi connectivity index (χ0) is 14.6. The molecule has 0 fully saturated rings. The molecule has 0 bridgehead atoms. The molecule has 1 atom stereocenters. The Kier molecular flexibility index (Phi) is 5.04. The van der Waals surface area contributed by atoms with Gasteiger partial charge in [-0.3, -0.25) is 0 Å². The van der Waals surface area contributed by atoms with E-state index in [1.54, 1.807) is 6.92 Å². The van der Waals surface area contributed by atoms with Gasteiger partial charge in [0.2, 0.25) is 0 Å². The van der Waals surface area contributed by atoms with Crippen molar-refractivity contribution < 1.29 is 27.8 Å². The number of rotatable bonds is 5. The lowest BCUT2D eigenvalue weighted by atomic mass is 10.2. The van der Waals surface area contributed by atoms with E-state index >= 15 is 0 Å². The number of alkyl halides is 3. The molecule has 0 saturated carbocycles. The van der Waals surface area contributed by atoms with Crippen LogP contribution in [0.15, 0.2) is 22.7 Å². The van der Waals surface area contributed by atoms with Gasteiger partial charge >= 0.3 is 12.3 Å². The number of benzene rings is 1. The van der Waals surface area contributed by atoms with E-state index in [-0.39, 0.29) is 12.1 Å². The van der Waals surface area contributed by atoms with Crippen molar-refractivity contribution in [2.45, 2.75) is 25.7 Å². The number of carboxylic acid groups (broad SMARTS) is 1. The van der Waals surface area contributed by atoms with Crippen LogP contribution in [0.3, 0.4) is 0 Å². The fourth-order valence-corrected chi connectivity index (χ4v) is 1.69. The molecule has 2 N–H and O–H groups in total. The van der Waals surface area contributed by atoms with Crippen LogP contribution in [-0.2, 0) is 4.79 Å². The Morgan fingerprint density at radius 2 is 2.16 bits per heavy atom. The number of nitrogens with one attached hydrogen (secondary N) is 1. The molecule has 1 aromatic rings. The predicted octanol–water partition coefficient (Wildman–Crippen LogP) is 3.62. The third-order valence-corrected chi connectivity index (χ3v) is 2.70. The average Bonchev–Trinajstić information content (AvgIpc) is 2.25. The van der Waals surface area contributed by atoms with Crippen molar-refractivity contribution in [2.24, 2.45) is 0 Å². The summed E-state index contributed by atoms with van der Waals surface area (Å²) in [4.78, 5) is 10.9. The number of hydrogen-bond acceptors (Lipinski definition) is 3. The first-order valence-corrected chi connectivity index (χ1v) is 6.07. The number of anilines is 1. The van der Waals surface area contributed by atoms with E-state index < -0.39 is 24.1 Å². The number of carboxylic acids is 1. The van der Waals surface area contributed by atoms with Gasteiger partial charge in [-0.2, -0.15) is 0 Å². The average molecular weight is 342 g/mol. The Morgan fingerprint density at radius 3 is 2.63 bits per heavy atom. The van der Waals surface area contributed by atoms with Crippen molar-refractivity contribution in [2.75, 3.05) is 5.32 Å². The summed E-state index contributed by atoms with van der Waals surface area (Å²) in [7, 11) is 0. The summed E-state index contributed by atoms with van der Waals surface area (Å²) in [6, 6.07) is 2.93. The highest BCUT2D eigenvalue weighted by Gasteiger charge is 2.32. The first kappa shape index (κ1) is 15.6. The Morgan fingerprint density at radius 1 is 1.53 bits per heavy atom. The van der Waals surface area contributed by atoms with Gasteiger partial charge in [-0.15, -0.1) is 13.2 Å². The van der Waals surface area contributed by atoms with E-state index in [4.69, 9.17) is 5.11 Å². The van der Waals surface area contributed by atoms with Crippen LogP contribution in [0, 0.1) is 0 Å². The second-order valence-electron chi connectivity index (χ2n) is 3.63. The van der Waals surface area contributed by atoms with Crippen LogP contribution in [0.4, 0.5) is 18.9 Å². The number of hydrogen-bond donors (Lipinski definition) is 2. The summed E-state index contributed by atoms with van der Waals surface area (Å²) in [5.41, 5.74) is -0.0326. The zero-order valence-electron chi connectivity index (χ0n) is 9.79. The smallest absolute Gasteiger partial charge is 0.480 e. The molecule has 19 heavy (non-hydrogen) atoms. The molecule has 0 aliphatic carbocycles. The lowest BCUT2D eigenvalue weighted by Gasteiger charge is -2.18. The maximum Gasteiger partial charge on any atom is 0.573 e. The van der Waals surface area contributed by atoms with Crippen LogP contribution >= 0.6 is 15.9 Å². The van der Waals surface area contributed by atoms with Gasteiger partial charge in [0, 0.05) is 4.47 Å². The van der Waals surface area contributed by atoms with Gasteiger partial charge < -0.3 is 15.2 Å². The van der Waals surface area contributed by atoms with Gasteiger partial charge in [-0.25, -0.2) is 4.79 Å². The summed E-state index contributed by atoms with van der Waals surface area (Å²) < 4.78 is 41.0. The first-order chi connectivity index (χ1) is 8.73. The molecule has 106 valence electrons. The molecular formula is C11H11BrF3NO3. The Hall–Kier alpha value is -1.44. The van der Waals surface area contributed by atoms with Gasteiger partial charge in [0.1, 0.15) is 6.04 Å². The van der Waals surface area contributed by atoms with Crippen LogP contribution in [0.5, 0.6) is 5.75 Å². The normalized spacial score (nSPS) is 12.9. The fourth-order valence-electron chi connectivity index (χ4n) is 1.35. The molecule has 0 spiro atoms. The van der Waals surface area contributed by atoms with E-state index in [0.29, 0.717) is 4.47 Å². The summed E-state index contributed by atoms with van der Waals surface area (Å²) in [5.74, 6) is -1.63. The molecule has 8 heteroatoms. The summed E-state index contributed by atoms with van der Waals surface area (Å²) >= 11 is 3.02. The molecule has 1 unspecified atom stereocenters. The molecule has 4 nitrogen and oxygen atoms in total. The number of ether oxygens (including phenoxy) is 1. The van der Waals surface area contributed by atoms with Crippen molar-refractivity contribution in [1.82, 2.24) is 0 Å². The second kappa shape index (κ2) is 6.14. The van der Waals surface area contributed by atoms with Crippen LogP contribution in [0.1, 0.15) is 13.3 Å². The number of carbonyl (C=O) groups is 1. The molecule has 1 rings (SSSR count). The van der Waals surface area contributed by atoms with E-state index in [0.717, 1.165) is 6.07 Å². The Balaban J connectivity index is 3.02. The third kappa shape index (κ3) is 4.98. The largest absolute Gasteiger partial charge is 0.573 e. The minimum atomic E-state index is -4.85. The fraction of sp³-hybridized carbons (Fsp3) is 0.364. The van der Waals surface area contributed by atoms with E-state index in [1.165, 1.54) is 12.1 Å². The second-order valence-corrected chi connectivity index (χ2v) is 4.55. The van der Waals surface area contributed by atoms with Crippen molar-refractivity contribution in [3.8, 4) is 5.75 Å². The van der Waals surface area contributed by atoms with Crippen LogP contribution in [0.2, 0.25) is 0 Å². The molecule has 0 aliphatic rings. The van der Waals surface area contributed by atoms with Gasteiger partial charge in [-0.1, -0.05) is 22.9 Å². The lowest BCUT2D eigenvalue weighted by molar-refractivity contribution is -0.274. The molecule has 0 aromatic heterocycles. The first-order valence-electron chi connectivity index (χ1n) is 5.27. The van der Waals surface area contributed by atoms with Crippen molar-refractivity contribution in [1.29, 1.82) is 0 Å². The maximum absolute atomic E-state index is 12.2. The zero-order valence-corrected chi connectivity index (χ0v) is 11.4. The Labute approximate surface area is 115 Å². The minimum absolute atomic E-state index is 0.0326. The number of halogens is 4. The van der Waals surface area contributed by atoms with Crippen molar-refractivity contribution in [3.63, 3.8) is 0 Å². The van der Waals surface area contributed by atoms with Crippen LogP contribution < -0.4 is 10.1 Å². The quantitative estimate of drug-likeness (QED) is 0.858. The lowest BCUT2D eigenvalue weighted by Crippen LogP contribution is -2.29. The highest BCUT2D eigenvalue weighted by Crippen LogP contribution is 2.33. The monoisotopic (exact) mass is 341 g/mol. The van der Waals surface area contributed by atoms with Crippen LogP contribution in [0.25, 0.3) is 0 Å². The maximum atomic E-state index is 12.2. The van der Waals surface area contributed by atoms with E-state index in [9.17, 15) is 18.0 Å². The van der Waals surface area contributed by atoms with Crippen molar-refractivity contribution >= 4 is 27.6 Å². The highest BCUT2D eigenvalue weighted by atomic mass is 79.9. The molecule has 0 saturated heterocycles. The topological polar surface area (TPSA) is 58.6 Å². The molecule has 0 amide bonds. The Bertz CT molecular complexity index is 465. The minimum Gasteiger partial charge on any atom is -0.480 e. The molecule has 0 heterocycles. The highest BCUT2D eigenvalue weighted by molar-refractivity contribution is 9.10. The van der Waals surface area contributed by atoms with Gasteiger partial charge in [0.25, 0.3) is 0 Å². The molecular weight excluding hydrogens is 331 g/mol. The van der Waals surface area contributed by atoms with Gasteiger partial charge in [-0.05, 0) is 24.6 Å². The summed E-state index contributed by atoms with van der Waals surface area (Å²) in [6.07, 6.45) is -4.63. The van der Waals surface area contributed by atoms with E-state index in [2.05, 4.69) is 26.0 Å². The van der Waals surface area contributed by atoms with Gasteiger partial charge in [0.05, 0.1) is 5.69 Å². The van der Waals surface area contributed by atoms with Crippen molar-refractivity contribution in [3.05, 3.63) is 22.7 Å². The predicted molar refractivity (Wildman–Crippen MR) is 66.2 cm³/mol. The standard InChI is InChI=1S/C11H11BrF3NO3/c1-2-7(10(17)18)16-8-4-3-6(12)5-9(8)19-11(13,14)15/h3-5,7,16H,2H2,1H3,(H,17,18). The number of aliphatic carboxylic acids is 1.